The highest BCUT2D eigenvalue weighted by molar-refractivity contribution is 5.88. The molecule has 1 heteroatoms. The summed E-state index contributed by atoms with van der Waals surface area (Å²) in [6.45, 7) is 9.27. The highest BCUT2D eigenvalue weighted by Crippen LogP contribution is 2.67. The molecule has 0 spiro atoms. The van der Waals surface area contributed by atoms with Crippen LogP contribution in [0.2, 0.25) is 0 Å². The average molecular weight is 404 g/mol. The Morgan fingerprint density at radius 1 is 1.03 bits per heavy atom. The number of fused-ring (bicyclic) bond motifs is 5. The van der Waals surface area contributed by atoms with Gasteiger partial charge in [-0.25, -0.2) is 0 Å². The van der Waals surface area contributed by atoms with Gasteiger partial charge in [0.05, 0.1) is 0 Å². The zero-order valence-corrected chi connectivity index (χ0v) is 19.3. The van der Waals surface area contributed by atoms with Gasteiger partial charge >= 0.3 is 0 Å². The molecule has 0 N–H and O–H groups in total. The SMILES string of the molecule is C=Cc1ccc(C2=CCC3C4CCC5CCCCC5(C)C4CCC23C)cc1C=NC.[HH]. The number of rotatable bonds is 3. The summed E-state index contributed by atoms with van der Waals surface area (Å²) in [6, 6.07) is 6.92. The number of benzene rings is 1. The quantitative estimate of drug-likeness (QED) is 0.453. The van der Waals surface area contributed by atoms with Gasteiger partial charge in [-0.05, 0) is 102 Å². The topological polar surface area (TPSA) is 12.4 Å². The van der Waals surface area contributed by atoms with Gasteiger partial charge in [0, 0.05) is 20.3 Å². The molecule has 0 aromatic heterocycles. The first-order chi connectivity index (χ1) is 14.5. The Morgan fingerprint density at radius 3 is 2.70 bits per heavy atom. The van der Waals surface area contributed by atoms with Crippen molar-refractivity contribution in [2.45, 2.75) is 71.6 Å². The van der Waals surface area contributed by atoms with E-state index in [4.69, 9.17) is 0 Å². The van der Waals surface area contributed by atoms with Crippen LogP contribution in [-0.4, -0.2) is 13.3 Å². The molecule has 0 aliphatic heterocycles. The second-order valence-corrected chi connectivity index (χ2v) is 11.1. The average Bonchev–Trinajstić information content (AvgIpc) is 3.11. The van der Waals surface area contributed by atoms with Crippen molar-refractivity contribution in [3.05, 3.63) is 47.5 Å². The van der Waals surface area contributed by atoms with Crippen LogP contribution in [0.5, 0.6) is 0 Å². The highest BCUT2D eigenvalue weighted by atomic mass is 14.6. The maximum absolute atomic E-state index is 4.29. The summed E-state index contributed by atoms with van der Waals surface area (Å²) in [6.07, 6.45) is 19.6. The van der Waals surface area contributed by atoms with Crippen LogP contribution in [0.3, 0.4) is 0 Å². The first-order valence-electron chi connectivity index (χ1n) is 12.4. The molecule has 3 saturated carbocycles. The van der Waals surface area contributed by atoms with E-state index in [2.05, 4.69) is 49.7 Å². The molecule has 0 heterocycles. The van der Waals surface area contributed by atoms with E-state index < -0.39 is 0 Å². The number of hydrogen-bond acceptors (Lipinski definition) is 1. The standard InChI is InChI=1S/C29H39N.H2/c1-5-20-9-10-21(18-22(20)19-30-4)25-13-14-26-24-12-11-23-8-6-7-16-28(23,2)27(24)15-17-29(25,26)3;/h5,9-10,13,18-19,23-24,26-27H,1,6-8,11-12,14-17H2,2-4H3;1H. The third-order valence-corrected chi connectivity index (χ3v) is 10.0. The van der Waals surface area contributed by atoms with Gasteiger partial charge in [0.2, 0.25) is 0 Å². The summed E-state index contributed by atoms with van der Waals surface area (Å²) in [5, 5.41) is 0. The zero-order chi connectivity index (χ0) is 20.9. The second kappa shape index (κ2) is 7.50. The highest BCUT2D eigenvalue weighted by Gasteiger charge is 2.57. The van der Waals surface area contributed by atoms with Crippen LogP contribution in [0.15, 0.2) is 35.8 Å². The van der Waals surface area contributed by atoms with Gasteiger partial charge in [-0.15, -0.1) is 0 Å². The van der Waals surface area contributed by atoms with Gasteiger partial charge < -0.3 is 0 Å². The molecule has 6 atom stereocenters. The molecule has 1 nitrogen and oxygen atoms in total. The van der Waals surface area contributed by atoms with Gasteiger partial charge in [0.1, 0.15) is 0 Å². The van der Waals surface area contributed by atoms with Crippen molar-refractivity contribution in [2.24, 2.45) is 39.5 Å². The van der Waals surface area contributed by atoms with Crippen LogP contribution < -0.4 is 0 Å². The number of allylic oxidation sites excluding steroid dienone is 2. The smallest absolute Gasteiger partial charge is 0.0287 e. The first kappa shape index (κ1) is 20.3. The Hall–Kier alpha value is -1.63. The van der Waals surface area contributed by atoms with Crippen LogP contribution in [0.4, 0.5) is 0 Å². The van der Waals surface area contributed by atoms with Gasteiger partial charge in [-0.1, -0.05) is 57.6 Å². The van der Waals surface area contributed by atoms with Crippen molar-refractivity contribution >= 4 is 17.9 Å². The van der Waals surface area contributed by atoms with Crippen molar-refractivity contribution in [3.63, 3.8) is 0 Å². The molecule has 0 amide bonds. The van der Waals surface area contributed by atoms with Crippen LogP contribution in [0, 0.1) is 34.5 Å². The molecule has 0 saturated heterocycles. The van der Waals surface area contributed by atoms with E-state index in [1.165, 1.54) is 74.5 Å². The molecule has 4 aliphatic rings. The lowest BCUT2D eigenvalue weighted by Gasteiger charge is -2.60. The predicted octanol–water partition coefficient (Wildman–Crippen LogP) is 8.05. The van der Waals surface area contributed by atoms with E-state index in [-0.39, 0.29) is 1.43 Å². The van der Waals surface area contributed by atoms with Crippen LogP contribution >= 0.6 is 0 Å². The fourth-order valence-corrected chi connectivity index (χ4v) is 8.49. The summed E-state index contributed by atoms with van der Waals surface area (Å²) in [7, 11) is 1.86. The number of nitrogens with zero attached hydrogens (tertiary/aromatic N) is 1. The molecule has 1 aromatic carbocycles. The largest absolute Gasteiger partial charge is 0.296 e. The minimum atomic E-state index is 0. The van der Waals surface area contributed by atoms with E-state index in [1.807, 2.05) is 19.3 Å². The van der Waals surface area contributed by atoms with Crippen molar-refractivity contribution in [1.29, 1.82) is 0 Å². The Balaban J connectivity index is 0.00000231. The lowest BCUT2D eigenvalue weighted by atomic mass is 9.45. The minimum absolute atomic E-state index is 0. The normalized spacial score (nSPS) is 40.4. The number of hydrogen-bond donors (Lipinski definition) is 0. The zero-order valence-electron chi connectivity index (χ0n) is 19.3. The molecular formula is C29H41N. The van der Waals surface area contributed by atoms with Crippen LogP contribution in [-0.2, 0) is 0 Å². The molecule has 3 fully saturated rings. The van der Waals surface area contributed by atoms with Crippen molar-refractivity contribution in [3.8, 4) is 0 Å². The summed E-state index contributed by atoms with van der Waals surface area (Å²) < 4.78 is 0. The van der Waals surface area contributed by atoms with Crippen molar-refractivity contribution in [2.75, 3.05) is 7.05 Å². The molecule has 6 unspecified atom stereocenters. The van der Waals surface area contributed by atoms with Gasteiger partial charge in [-0.3, -0.25) is 4.99 Å². The van der Waals surface area contributed by atoms with Crippen molar-refractivity contribution in [1.82, 2.24) is 0 Å². The second-order valence-electron chi connectivity index (χ2n) is 11.1. The predicted molar refractivity (Wildman–Crippen MR) is 132 cm³/mol. The summed E-state index contributed by atoms with van der Waals surface area (Å²) in [4.78, 5) is 4.29. The fraction of sp³-hybridized carbons (Fsp3) is 0.621. The van der Waals surface area contributed by atoms with E-state index in [0.29, 0.717) is 10.8 Å². The van der Waals surface area contributed by atoms with Gasteiger partial charge in [0.25, 0.3) is 0 Å². The van der Waals surface area contributed by atoms with E-state index in [1.54, 1.807) is 5.57 Å². The molecule has 30 heavy (non-hydrogen) atoms. The monoisotopic (exact) mass is 403 g/mol. The Kier molecular flexibility index (Phi) is 5.07. The molecule has 0 bridgehead atoms. The summed E-state index contributed by atoms with van der Waals surface area (Å²) in [5.74, 6) is 3.75. The fourth-order valence-electron chi connectivity index (χ4n) is 8.49. The van der Waals surface area contributed by atoms with E-state index in [9.17, 15) is 0 Å². The minimum Gasteiger partial charge on any atom is -0.296 e. The Morgan fingerprint density at radius 2 is 1.90 bits per heavy atom. The molecule has 1 aromatic rings. The van der Waals surface area contributed by atoms with Crippen molar-refractivity contribution < 1.29 is 1.43 Å². The lowest BCUT2D eigenvalue weighted by Crippen LogP contribution is -2.52. The van der Waals surface area contributed by atoms with Crippen LogP contribution in [0.25, 0.3) is 11.6 Å². The van der Waals surface area contributed by atoms with E-state index >= 15 is 0 Å². The third-order valence-electron chi connectivity index (χ3n) is 10.0. The molecular weight excluding hydrogens is 362 g/mol. The van der Waals surface area contributed by atoms with Crippen LogP contribution in [0.1, 0.15) is 89.8 Å². The maximum atomic E-state index is 4.29. The van der Waals surface area contributed by atoms with E-state index in [0.717, 1.165) is 23.7 Å². The molecule has 162 valence electrons. The summed E-state index contributed by atoms with van der Waals surface area (Å²) in [5.41, 5.74) is 6.37. The Labute approximate surface area is 185 Å². The molecule has 0 radical (unpaired) electrons. The Bertz CT molecular complexity index is 898. The molecule has 4 aliphatic carbocycles. The first-order valence-corrected chi connectivity index (χ1v) is 12.4. The third kappa shape index (κ3) is 2.91. The maximum Gasteiger partial charge on any atom is 0.0287 e. The lowest BCUT2D eigenvalue weighted by molar-refractivity contribution is -0.0953. The number of aliphatic imine (C=N–C) groups is 1. The van der Waals surface area contributed by atoms with Gasteiger partial charge in [-0.2, -0.15) is 0 Å². The van der Waals surface area contributed by atoms with Gasteiger partial charge in [0.15, 0.2) is 0 Å². The molecule has 5 rings (SSSR count). The summed E-state index contributed by atoms with van der Waals surface area (Å²) >= 11 is 0.